The van der Waals surface area contributed by atoms with Gasteiger partial charge < -0.3 is 20.7 Å². The van der Waals surface area contributed by atoms with Gasteiger partial charge in [-0.1, -0.05) is 32.8 Å². The minimum atomic E-state index is -0.550. The van der Waals surface area contributed by atoms with Crippen LogP contribution in [0.15, 0.2) is 33.9 Å². The van der Waals surface area contributed by atoms with Crippen molar-refractivity contribution in [3.05, 3.63) is 45.1 Å². The van der Waals surface area contributed by atoms with E-state index in [-0.39, 0.29) is 11.5 Å². The number of H-pyrrole nitrogens is 1. The molecule has 2 rings (SSSR count). The average Bonchev–Trinajstić information content (AvgIpc) is 2.70. The first-order valence-corrected chi connectivity index (χ1v) is 10.2. The van der Waals surface area contributed by atoms with Gasteiger partial charge in [-0.15, -0.1) is 0 Å². The second-order valence-electron chi connectivity index (χ2n) is 6.67. The lowest BCUT2D eigenvalue weighted by Gasteiger charge is -2.27. The first-order valence-electron chi connectivity index (χ1n) is 9.78. The fourth-order valence-electron chi connectivity index (χ4n) is 2.90. The topological polar surface area (TPSA) is 105 Å². The molecule has 0 fully saturated rings. The lowest BCUT2D eigenvalue weighted by Crippen LogP contribution is -2.43. The van der Waals surface area contributed by atoms with E-state index in [1.807, 2.05) is 32.0 Å². The molecule has 0 radical (unpaired) electrons. The largest absolute Gasteiger partial charge is 0.497 e. The molecule has 29 heavy (non-hydrogen) atoms. The van der Waals surface area contributed by atoms with Gasteiger partial charge in [0, 0.05) is 24.8 Å². The molecule has 0 aliphatic heterocycles. The molecule has 1 heterocycles. The number of aromatic amines is 1. The fraction of sp³-hybridized carbons (Fsp3) is 0.450. The third-order valence-electron chi connectivity index (χ3n) is 4.52. The molecule has 2 aromatic rings. The number of benzene rings is 1. The van der Waals surface area contributed by atoms with Crippen LogP contribution in [0.5, 0.6) is 5.75 Å². The number of unbranched alkanes of at least 4 members (excludes halogenated alkanes) is 2. The van der Waals surface area contributed by atoms with Crippen LogP contribution in [0.4, 0.5) is 17.2 Å². The van der Waals surface area contributed by atoms with Crippen molar-refractivity contribution in [2.75, 3.05) is 29.6 Å². The van der Waals surface area contributed by atoms with Crippen LogP contribution in [-0.2, 0) is 6.54 Å². The summed E-state index contributed by atoms with van der Waals surface area (Å²) < 4.78 is 6.64. The quantitative estimate of drug-likeness (QED) is 0.537. The molecule has 9 heteroatoms. The Hall–Kier alpha value is -2.81. The molecule has 0 saturated heterocycles. The van der Waals surface area contributed by atoms with Gasteiger partial charge in [-0.2, -0.15) is 0 Å². The Morgan fingerprint density at radius 1 is 1.28 bits per heavy atom. The predicted molar refractivity (Wildman–Crippen MR) is 122 cm³/mol. The smallest absolute Gasteiger partial charge is 0.330 e. The summed E-state index contributed by atoms with van der Waals surface area (Å²) in [5.74, 6) is 0.807. The molecule has 0 amide bonds. The summed E-state index contributed by atoms with van der Waals surface area (Å²) in [5, 5.41) is 3.46. The number of aromatic nitrogens is 2. The molecule has 158 valence electrons. The average molecular weight is 420 g/mol. The van der Waals surface area contributed by atoms with Crippen LogP contribution in [0, 0.1) is 0 Å². The van der Waals surface area contributed by atoms with Gasteiger partial charge in [-0.05, 0) is 37.2 Å². The van der Waals surface area contributed by atoms with E-state index < -0.39 is 11.2 Å². The number of rotatable bonds is 9. The Morgan fingerprint density at radius 2 is 2.00 bits per heavy atom. The molecule has 0 spiro atoms. The van der Waals surface area contributed by atoms with E-state index in [1.165, 1.54) is 4.57 Å². The lowest BCUT2D eigenvalue weighted by molar-refractivity contribution is 0.415. The van der Waals surface area contributed by atoms with Gasteiger partial charge in [0.05, 0.1) is 7.11 Å². The van der Waals surface area contributed by atoms with Crippen molar-refractivity contribution in [2.24, 2.45) is 0 Å². The summed E-state index contributed by atoms with van der Waals surface area (Å²) in [7, 11) is 1.59. The van der Waals surface area contributed by atoms with Gasteiger partial charge in [0.25, 0.3) is 5.56 Å². The molecular formula is C20H29N5O3S. The maximum absolute atomic E-state index is 12.7. The van der Waals surface area contributed by atoms with Crippen molar-refractivity contribution in [1.29, 1.82) is 0 Å². The van der Waals surface area contributed by atoms with Gasteiger partial charge >= 0.3 is 5.69 Å². The van der Waals surface area contributed by atoms with E-state index in [0.29, 0.717) is 24.0 Å². The van der Waals surface area contributed by atoms with Crippen molar-refractivity contribution < 1.29 is 4.74 Å². The van der Waals surface area contributed by atoms with Crippen molar-refractivity contribution in [2.45, 2.75) is 46.1 Å². The van der Waals surface area contributed by atoms with Crippen molar-refractivity contribution >= 4 is 34.5 Å². The number of nitrogen functional groups attached to an aromatic ring is 1. The van der Waals surface area contributed by atoms with Gasteiger partial charge in [0.15, 0.2) is 10.8 Å². The Balaban J connectivity index is 2.44. The summed E-state index contributed by atoms with van der Waals surface area (Å²) in [6.07, 6.45) is 3.38. The van der Waals surface area contributed by atoms with E-state index in [4.69, 9.17) is 22.7 Å². The molecule has 0 aliphatic rings. The summed E-state index contributed by atoms with van der Waals surface area (Å²) in [5.41, 5.74) is 6.13. The Kier molecular flexibility index (Phi) is 8.26. The fourth-order valence-corrected chi connectivity index (χ4v) is 3.20. The number of anilines is 3. The number of ether oxygens (including phenoxy) is 1. The number of nitrogens with zero attached hydrogens (tertiary/aromatic N) is 2. The molecule has 0 atom stereocenters. The van der Waals surface area contributed by atoms with Gasteiger partial charge in [0.1, 0.15) is 11.6 Å². The van der Waals surface area contributed by atoms with Crippen LogP contribution in [0.25, 0.3) is 0 Å². The molecule has 1 aromatic heterocycles. The van der Waals surface area contributed by atoms with E-state index in [2.05, 4.69) is 10.3 Å². The summed E-state index contributed by atoms with van der Waals surface area (Å²) in [6.45, 7) is 5.00. The van der Waals surface area contributed by atoms with Crippen LogP contribution < -0.4 is 31.9 Å². The first kappa shape index (κ1) is 22.5. The molecule has 0 bridgehead atoms. The summed E-state index contributed by atoms with van der Waals surface area (Å²) in [6, 6.07) is 7.32. The minimum Gasteiger partial charge on any atom is -0.497 e. The maximum Gasteiger partial charge on any atom is 0.330 e. The Bertz CT molecular complexity index is 954. The monoisotopic (exact) mass is 419 g/mol. The molecule has 0 aliphatic carbocycles. The number of nitrogens with two attached hydrogens (primary N) is 1. The zero-order chi connectivity index (χ0) is 21.4. The van der Waals surface area contributed by atoms with Gasteiger partial charge in [-0.25, -0.2) is 4.79 Å². The zero-order valence-corrected chi connectivity index (χ0v) is 18.0. The van der Waals surface area contributed by atoms with E-state index in [0.717, 1.165) is 31.4 Å². The second kappa shape index (κ2) is 10.7. The number of thiocarbonyl (C=S) groups is 1. The SMILES string of the molecule is CCCCN(C(=S)Nc1cccc(OC)c1)c1c(N)n(CCCC)c(=O)[nH]c1=O. The van der Waals surface area contributed by atoms with E-state index in [9.17, 15) is 9.59 Å². The molecule has 4 N–H and O–H groups in total. The highest BCUT2D eigenvalue weighted by atomic mass is 32.1. The van der Waals surface area contributed by atoms with E-state index >= 15 is 0 Å². The number of hydrogen-bond donors (Lipinski definition) is 3. The van der Waals surface area contributed by atoms with Crippen molar-refractivity contribution in [3.63, 3.8) is 0 Å². The predicted octanol–water partition coefficient (Wildman–Crippen LogP) is 2.93. The van der Waals surface area contributed by atoms with Crippen LogP contribution in [-0.4, -0.2) is 28.3 Å². The molecule has 1 aromatic carbocycles. The number of methoxy groups -OCH3 is 1. The molecule has 8 nitrogen and oxygen atoms in total. The first-order chi connectivity index (χ1) is 13.9. The summed E-state index contributed by atoms with van der Waals surface area (Å²) in [4.78, 5) is 28.9. The van der Waals surface area contributed by atoms with Crippen molar-refractivity contribution in [1.82, 2.24) is 9.55 Å². The van der Waals surface area contributed by atoms with Crippen molar-refractivity contribution in [3.8, 4) is 5.75 Å². The Morgan fingerprint density at radius 3 is 2.66 bits per heavy atom. The molecule has 0 unspecified atom stereocenters. The highest BCUT2D eigenvalue weighted by Gasteiger charge is 2.22. The maximum atomic E-state index is 12.7. The van der Waals surface area contributed by atoms with Crippen LogP contribution >= 0.6 is 12.2 Å². The van der Waals surface area contributed by atoms with Crippen LogP contribution in [0.2, 0.25) is 0 Å². The van der Waals surface area contributed by atoms with Crippen LogP contribution in [0.3, 0.4) is 0 Å². The van der Waals surface area contributed by atoms with E-state index in [1.54, 1.807) is 18.1 Å². The molecular weight excluding hydrogens is 390 g/mol. The normalized spacial score (nSPS) is 10.6. The van der Waals surface area contributed by atoms with Gasteiger partial charge in [0.2, 0.25) is 0 Å². The van der Waals surface area contributed by atoms with Gasteiger partial charge in [-0.3, -0.25) is 14.3 Å². The number of hydrogen-bond acceptors (Lipinski definition) is 5. The minimum absolute atomic E-state index is 0.123. The second-order valence-corrected chi connectivity index (χ2v) is 7.05. The molecule has 0 saturated carbocycles. The highest BCUT2D eigenvalue weighted by Crippen LogP contribution is 2.21. The zero-order valence-electron chi connectivity index (χ0n) is 17.2. The third-order valence-corrected chi connectivity index (χ3v) is 4.84. The third kappa shape index (κ3) is 5.60. The number of nitrogens with one attached hydrogen (secondary N) is 2. The standard InChI is InChI=1S/C20H29N5O3S/c1-4-6-11-24(20(29)22-14-9-8-10-15(13-14)28-3)16-17(21)25(12-7-5-2)19(27)23-18(16)26/h8-10,13H,4-7,11-12,21H2,1-3H3,(H,22,29)(H,23,26,27). The lowest BCUT2D eigenvalue weighted by atomic mass is 10.2. The van der Waals surface area contributed by atoms with Crippen LogP contribution in [0.1, 0.15) is 39.5 Å². The highest BCUT2D eigenvalue weighted by molar-refractivity contribution is 7.80. The summed E-state index contributed by atoms with van der Waals surface area (Å²) >= 11 is 5.59. The Labute approximate surface area is 175 Å².